The van der Waals surface area contributed by atoms with Crippen molar-refractivity contribution in [3.05, 3.63) is 101 Å². The lowest BCUT2D eigenvalue weighted by atomic mass is 10.0. The van der Waals surface area contributed by atoms with Crippen LogP contribution in [0.3, 0.4) is 0 Å². The molecule has 0 radical (unpaired) electrons. The van der Waals surface area contributed by atoms with Gasteiger partial charge in [0.2, 0.25) is 0 Å². The summed E-state index contributed by atoms with van der Waals surface area (Å²) in [6.07, 6.45) is 0. The molecule has 0 fully saturated rings. The van der Waals surface area contributed by atoms with Crippen molar-refractivity contribution in [3.8, 4) is 0 Å². The van der Waals surface area contributed by atoms with Crippen LogP contribution in [-0.4, -0.2) is 11.8 Å². The van der Waals surface area contributed by atoms with E-state index < -0.39 is 0 Å². The van der Waals surface area contributed by atoms with Gasteiger partial charge in [0.15, 0.2) is 0 Å². The molecule has 3 aromatic carbocycles. The molecule has 4 nitrogen and oxygen atoms in total. The Morgan fingerprint density at radius 2 is 1.32 bits per heavy atom. The van der Waals surface area contributed by atoms with Gasteiger partial charge in [0.1, 0.15) is 0 Å². The summed E-state index contributed by atoms with van der Waals surface area (Å²) in [6.45, 7) is 4.65. The number of amides is 2. The molecule has 4 heteroatoms. The Labute approximate surface area is 165 Å². The maximum Gasteiger partial charge on any atom is 0.255 e. The topological polar surface area (TPSA) is 58.2 Å². The zero-order valence-electron chi connectivity index (χ0n) is 16.1. The van der Waals surface area contributed by atoms with Crippen molar-refractivity contribution in [1.82, 2.24) is 5.32 Å². The number of benzene rings is 3. The summed E-state index contributed by atoms with van der Waals surface area (Å²) < 4.78 is 0. The molecule has 3 rings (SSSR count). The summed E-state index contributed by atoms with van der Waals surface area (Å²) in [4.78, 5) is 24.9. The number of carbonyl (C=O) groups excluding carboxylic acids is 2. The second-order valence-corrected chi connectivity index (χ2v) is 6.94. The summed E-state index contributed by atoms with van der Waals surface area (Å²) >= 11 is 0. The van der Waals surface area contributed by atoms with E-state index in [2.05, 4.69) is 24.5 Å². The summed E-state index contributed by atoms with van der Waals surface area (Å²) in [6, 6.07) is 24.2. The summed E-state index contributed by atoms with van der Waals surface area (Å²) in [5.41, 5.74) is 3.98. The van der Waals surface area contributed by atoms with Crippen molar-refractivity contribution in [2.75, 3.05) is 5.32 Å². The lowest BCUT2D eigenvalue weighted by molar-refractivity contribution is 0.0949. The first-order valence-corrected chi connectivity index (χ1v) is 9.37. The highest BCUT2D eigenvalue weighted by atomic mass is 16.2. The average molecular weight is 372 g/mol. The van der Waals surface area contributed by atoms with Crippen LogP contribution in [0.25, 0.3) is 0 Å². The molecule has 0 aliphatic carbocycles. The Hall–Kier alpha value is -3.40. The lowest BCUT2D eigenvalue weighted by Crippen LogP contribution is -2.23. The van der Waals surface area contributed by atoms with Crippen LogP contribution >= 0.6 is 0 Å². The van der Waals surface area contributed by atoms with Crippen molar-refractivity contribution in [2.45, 2.75) is 26.3 Å². The second-order valence-electron chi connectivity index (χ2n) is 6.94. The Kier molecular flexibility index (Phi) is 6.22. The van der Waals surface area contributed by atoms with Crippen molar-refractivity contribution in [3.63, 3.8) is 0 Å². The van der Waals surface area contributed by atoms with E-state index >= 15 is 0 Å². The van der Waals surface area contributed by atoms with Crippen LogP contribution in [0.4, 0.5) is 5.69 Å². The molecule has 0 saturated carbocycles. The third-order valence-corrected chi connectivity index (χ3v) is 4.54. The van der Waals surface area contributed by atoms with Crippen LogP contribution in [0.2, 0.25) is 0 Å². The van der Waals surface area contributed by atoms with Gasteiger partial charge >= 0.3 is 0 Å². The van der Waals surface area contributed by atoms with E-state index in [0.29, 0.717) is 23.6 Å². The Morgan fingerprint density at radius 3 is 1.96 bits per heavy atom. The van der Waals surface area contributed by atoms with E-state index in [1.54, 1.807) is 24.3 Å². The van der Waals surface area contributed by atoms with Gasteiger partial charge in [-0.15, -0.1) is 0 Å². The fourth-order valence-corrected chi connectivity index (χ4v) is 2.96. The van der Waals surface area contributed by atoms with Gasteiger partial charge in [-0.3, -0.25) is 9.59 Å². The molecule has 3 aromatic rings. The van der Waals surface area contributed by atoms with Crippen LogP contribution in [-0.2, 0) is 6.54 Å². The summed E-state index contributed by atoms with van der Waals surface area (Å²) in [5, 5.41) is 5.85. The van der Waals surface area contributed by atoms with E-state index in [-0.39, 0.29) is 11.8 Å². The molecule has 0 bridgehead atoms. The number of carbonyl (C=O) groups is 2. The highest BCUT2D eigenvalue weighted by Gasteiger charge is 2.12. The fourth-order valence-electron chi connectivity index (χ4n) is 2.96. The van der Waals surface area contributed by atoms with Crippen LogP contribution in [0.1, 0.15) is 51.6 Å². The molecule has 0 unspecified atom stereocenters. The van der Waals surface area contributed by atoms with Gasteiger partial charge in [-0.05, 0) is 47.4 Å². The lowest BCUT2D eigenvalue weighted by Gasteiger charge is -2.13. The largest absolute Gasteiger partial charge is 0.348 e. The normalized spacial score (nSPS) is 10.5. The molecule has 28 heavy (non-hydrogen) atoms. The first kappa shape index (κ1) is 19.4. The smallest absolute Gasteiger partial charge is 0.255 e. The van der Waals surface area contributed by atoms with Gasteiger partial charge < -0.3 is 10.6 Å². The third-order valence-electron chi connectivity index (χ3n) is 4.54. The van der Waals surface area contributed by atoms with Crippen LogP contribution in [0, 0.1) is 0 Å². The van der Waals surface area contributed by atoms with Crippen LogP contribution in [0.5, 0.6) is 0 Å². The van der Waals surface area contributed by atoms with E-state index in [1.807, 2.05) is 54.6 Å². The molecule has 0 spiro atoms. The molecule has 142 valence electrons. The van der Waals surface area contributed by atoms with Gasteiger partial charge in [0.05, 0.1) is 0 Å². The molecule has 0 heterocycles. The molecule has 2 amide bonds. The maximum atomic E-state index is 12.6. The summed E-state index contributed by atoms with van der Waals surface area (Å²) in [7, 11) is 0. The van der Waals surface area contributed by atoms with Crippen LogP contribution in [0.15, 0.2) is 78.9 Å². The van der Waals surface area contributed by atoms with Crippen molar-refractivity contribution in [1.29, 1.82) is 0 Å². The molecule has 2 N–H and O–H groups in total. The average Bonchev–Trinajstić information content (AvgIpc) is 2.73. The van der Waals surface area contributed by atoms with Gasteiger partial charge in [-0.25, -0.2) is 0 Å². The highest BCUT2D eigenvalue weighted by Crippen LogP contribution is 2.24. The molecule has 0 atom stereocenters. The minimum atomic E-state index is -0.190. The SMILES string of the molecule is CC(C)c1ccccc1NC(=O)c1ccc(C(=O)NCc2ccccc2)cc1. The molecular formula is C24H24N2O2. The monoisotopic (exact) mass is 372 g/mol. The first-order chi connectivity index (χ1) is 13.5. The van der Waals surface area contributed by atoms with Gasteiger partial charge in [0.25, 0.3) is 11.8 Å². The minimum absolute atomic E-state index is 0.166. The zero-order valence-corrected chi connectivity index (χ0v) is 16.1. The number of anilines is 1. The van der Waals surface area contributed by atoms with E-state index in [1.165, 1.54) is 0 Å². The van der Waals surface area contributed by atoms with Gasteiger partial charge in [0, 0.05) is 23.4 Å². The van der Waals surface area contributed by atoms with E-state index in [9.17, 15) is 9.59 Å². The van der Waals surface area contributed by atoms with E-state index in [0.717, 1.165) is 16.8 Å². The molecule has 0 aliphatic heterocycles. The first-order valence-electron chi connectivity index (χ1n) is 9.37. The molecule has 0 saturated heterocycles. The van der Waals surface area contributed by atoms with Gasteiger partial charge in [-0.1, -0.05) is 62.4 Å². The number of nitrogens with one attached hydrogen (secondary N) is 2. The van der Waals surface area contributed by atoms with Crippen molar-refractivity contribution in [2.24, 2.45) is 0 Å². The van der Waals surface area contributed by atoms with E-state index in [4.69, 9.17) is 0 Å². The number of para-hydroxylation sites is 1. The third kappa shape index (κ3) is 4.86. The van der Waals surface area contributed by atoms with Crippen molar-refractivity contribution >= 4 is 17.5 Å². The predicted molar refractivity (Wildman–Crippen MR) is 113 cm³/mol. The van der Waals surface area contributed by atoms with Gasteiger partial charge in [-0.2, -0.15) is 0 Å². The zero-order chi connectivity index (χ0) is 19.9. The number of hydrogen-bond donors (Lipinski definition) is 2. The van der Waals surface area contributed by atoms with Crippen LogP contribution < -0.4 is 10.6 Å². The standard InChI is InChI=1S/C24H24N2O2/c1-17(2)21-10-6-7-11-22(21)26-24(28)20-14-12-19(13-15-20)23(27)25-16-18-8-4-3-5-9-18/h3-15,17H,16H2,1-2H3,(H,25,27)(H,26,28). The number of hydrogen-bond acceptors (Lipinski definition) is 2. The molecule has 0 aromatic heterocycles. The number of rotatable bonds is 6. The Balaban J connectivity index is 1.63. The fraction of sp³-hybridized carbons (Fsp3) is 0.167. The Morgan fingerprint density at radius 1 is 0.750 bits per heavy atom. The molecular weight excluding hydrogens is 348 g/mol. The van der Waals surface area contributed by atoms with Crippen molar-refractivity contribution < 1.29 is 9.59 Å². The maximum absolute atomic E-state index is 12.6. The highest BCUT2D eigenvalue weighted by molar-refractivity contribution is 6.05. The summed E-state index contributed by atoms with van der Waals surface area (Å²) in [5.74, 6) is -0.0440. The Bertz CT molecular complexity index is 948. The quantitative estimate of drug-likeness (QED) is 0.640. The molecule has 0 aliphatic rings. The predicted octanol–water partition coefficient (Wildman–Crippen LogP) is 4.99. The second kappa shape index (κ2) is 9.00. The minimum Gasteiger partial charge on any atom is -0.348 e.